The third-order valence-electron chi connectivity index (χ3n) is 2.76. The molecule has 0 spiro atoms. The van der Waals surface area contributed by atoms with E-state index in [-0.39, 0.29) is 15.7 Å². The number of H-pyrrole nitrogens is 1. The number of aromatic nitrogens is 2. The molecule has 1 aromatic heterocycles. The number of alkyl halides is 3. The molecule has 0 aliphatic heterocycles. The first-order chi connectivity index (χ1) is 9.61. The number of hydrogen-bond donors (Lipinski definition) is 1. The Labute approximate surface area is 125 Å². The fourth-order valence-corrected chi connectivity index (χ4v) is 2.13. The molecular weight excluding hydrogens is 332 g/mol. The highest BCUT2D eigenvalue weighted by Gasteiger charge is 2.33. The van der Waals surface area contributed by atoms with Crippen LogP contribution in [0.15, 0.2) is 27.8 Å². The molecule has 0 atom stereocenters. The van der Waals surface area contributed by atoms with Crippen molar-refractivity contribution in [1.29, 1.82) is 0 Å². The Balaban J connectivity index is 2.72. The molecule has 0 saturated carbocycles. The Morgan fingerprint density at radius 3 is 2.05 bits per heavy atom. The number of rotatable bonds is 1. The van der Waals surface area contributed by atoms with Crippen molar-refractivity contribution in [3.8, 4) is 5.69 Å². The van der Waals surface area contributed by atoms with E-state index in [1.165, 1.54) is 12.1 Å². The van der Waals surface area contributed by atoms with Crippen molar-refractivity contribution in [3.05, 3.63) is 60.3 Å². The number of nitrogens with zero attached hydrogens (tertiary/aromatic N) is 1. The maximum absolute atomic E-state index is 12.5. The van der Waals surface area contributed by atoms with Crippen LogP contribution in [0.25, 0.3) is 5.69 Å². The van der Waals surface area contributed by atoms with E-state index in [1.807, 2.05) is 0 Å². The van der Waals surface area contributed by atoms with E-state index in [1.54, 1.807) is 11.9 Å². The lowest BCUT2D eigenvalue weighted by atomic mass is 10.2. The lowest BCUT2D eigenvalue weighted by molar-refractivity contribution is -0.141. The maximum atomic E-state index is 12.5. The molecule has 0 bridgehead atoms. The van der Waals surface area contributed by atoms with Crippen molar-refractivity contribution in [3.63, 3.8) is 0 Å². The van der Waals surface area contributed by atoms with Crippen LogP contribution >= 0.6 is 23.2 Å². The highest BCUT2D eigenvalue weighted by atomic mass is 35.5. The smallest absolute Gasteiger partial charge is 0.303 e. The molecule has 1 heterocycles. The Kier molecular flexibility index (Phi) is 3.90. The van der Waals surface area contributed by atoms with Gasteiger partial charge >= 0.3 is 11.9 Å². The third-order valence-corrected chi connectivity index (χ3v) is 3.55. The van der Waals surface area contributed by atoms with E-state index in [4.69, 9.17) is 23.2 Å². The zero-order valence-corrected chi connectivity index (χ0v) is 11.9. The zero-order valence-electron chi connectivity index (χ0n) is 10.4. The van der Waals surface area contributed by atoms with Crippen LogP contribution in [-0.2, 0) is 6.18 Å². The lowest BCUT2D eigenvalue weighted by Gasteiger charge is -2.10. The van der Waals surface area contributed by atoms with Crippen molar-refractivity contribution in [2.75, 3.05) is 0 Å². The summed E-state index contributed by atoms with van der Waals surface area (Å²) in [7, 11) is 0. The second-order valence-electron chi connectivity index (χ2n) is 4.19. The largest absolute Gasteiger partial charge is 0.431 e. The summed E-state index contributed by atoms with van der Waals surface area (Å²) in [6, 6.07) is 2.84. The molecule has 0 amide bonds. The lowest BCUT2D eigenvalue weighted by Crippen LogP contribution is -2.35. The fourth-order valence-electron chi connectivity index (χ4n) is 1.65. The van der Waals surface area contributed by atoms with Crippen molar-refractivity contribution in [1.82, 2.24) is 9.55 Å². The minimum Gasteiger partial charge on any atom is -0.303 e. The second-order valence-corrected chi connectivity index (χ2v) is 5.01. The quantitative estimate of drug-likeness (QED) is 0.868. The monoisotopic (exact) mass is 338 g/mol. The van der Waals surface area contributed by atoms with E-state index >= 15 is 0 Å². The van der Waals surface area contributed by atoms with Crippen LogP contribution in [0.3, 0.4) is 0 Å². The third kappa shape index (κ3) is 2.98. The average Bonchev–Trinajstić information content (AvgIpc) is 2.33. The standard InChI is InChI=1S/C12H7Cl2F3N2O2/c1-5-7(13)2-6(3-8(5)14)19-10(20)4-9(12(15,16)17)18-11(19)21/h2-4H,1H3,(H,18,21). The van der Waals surface area contributed by atoms with Crippen LogP contribution in [0, 0.1) is 6.92 Å². The van der Waals surface area contributed by atoms with Gasteiger partial charge in [0.2, 0.25) is 0 Å². The Bertz CT molecular complexity index is 770. The highest BCUT2D eigenvalue weighted by Crippen LogP contribution is 2.27. The van der Waals surface area contributed by atoms with E-state index in [0.717, 1.165) is 0 Å². The van der Waals surface area contributed by atoms with Crippen molar-refractivity contribution in [2.45, 2.75) is 13.1 Å². The van der Waals surface area contributed by atoms with Crippen LogP contribution in [-0.4, -0.2) is 9.55 Å². The predicted molar refractivity (Wildman–Crippen MR) is 72.4 cm³/mol. The minimum atomic E-state index is -4.82. The van der Waals surface area contributed by atoms with Gasteiger partial charge in [0.05, 0.1) is 5.69 Å². The summed E-state index contributed by atoms with van der Waals surface area (Å²) in [6.07, 6.45) is -4.82. The van der Waals surface area contributed by atoms with Gasteiger partial charge in [0.15, 0.2) is 0 Å². The van der Waals surface area contributed by atoms with Gasteiger partial charge in [0.1, 0.15) is 5.69 Å². The molecule has 2 aromatic rings. The van der Waals surface area contributed by atoms with Crippen LogP contribution in [0.2, 0.25) is 10.0 Å². The second kappa shape index (κ2) is 5.23. The van der Waals surface area contributed by atoms with E-state index in [0.29, 0.717) is 16.2 Å². The Morgan fingerprint density at radius 2 is 1.62 bits per heavy atom. The van der Waals surface area contributed by atoms with Gasteiger partial charge in [-0.2, -0.15) is 13.2 Å². The van der Waals surface area contributed by atoms with Crippen molar-refractivity contribution in [2.24, 2.45) is 0 Å². The van der Waals surface area contributed by atoms with Gasteiger partial charge < -0.3 is 4.98 Å². The molecule has 112 valence electrons. The highest BCUT2D eigenvalue weighted by molar-refractivity contribution is 6.36. The molecule has 0 saturated heterocycles. The molecule has 2 rings (SSSR count). The summed E-state index contributed by atoms with van der Waals surface area (Å²) in [5.74, 6) is 0. The molecule has 9 heteroatoms. The normalized spacial score (nSPS) is 11.7. The summed E-state index contributed by atoms with van der Waals surface area (Å²) in [5.41, 5.74) is -3.28. The molecule has 1 aromatic carbocycles. The zero-order chi connectivity index (χ0) is 15.9. The molecule has 0 aliphatic rings. The van der Waals surface area contributed by atoms with Gasteiger partial charge in [-0.1, -0.05) is 23.2 Å². The van der Waals surface area contributed by atoms with E-state index in [9.17, 15) is 22.8 Å². The van der Waals surface area contributed by atoms with E-state index in [2.05, 4.69) is 0 Å². The number of aromatic amines is 1. The predicted octanol–water partition coefficient (Wildman–Crippen LogP) is 3.16. The molecule has 1 N–H and O–H groups in total. The first kappa shape index (κ1) is 15.7. The summed E-state index contributed by atoms with van der Waals surface area (Å²) in [4.78, 5) is 25.1. The van der Waals surface area contributed by atoms with Gasteiger partial charge in [-0.3, -0.25) is 4.79 Å². The van der Waals surface area contributed by atoms with Gasteiger partial charge in [-0.15, -0.1) is 0 Å². The first-order valence-corrected chi connectivity index (χ1v) is 6.26. The number of nitrogens with one attached hydrogen (secondary N) is 1. The van der Waals surface area contributed by atoms with Crippen LogP contribution in [0.4, 0.5) is 13.2 Å². The Morgan fingerprint density at radius 1 is 1.10 bits per heavy atom. The molecule has 4 nitrogen and oxygen atoms in total. The van der Waals surface area contributed by atoms with Crippen molar-refractivity contribution >= 4 is 23.2 Å². The van der Waals surface area contributed by atoms with Crippen LogP contribution in [0.1, 0.15) is 11.3 Å². The summed E-state index contributed by atoms with van der Waals surface area (Å²) >= 11 is 11.8. The number of halogens is 5. The van der Waals surface area contributed by atoms with Gasteiger partial charge in [0.25, 0.3) is 5.56 Å². The van der Waals surface area contributed by atoms with Crippen LogP contribution in [0.5, 0.6) is 0 Å². The van der Waals surface area contributed by atoms with Gasteiger partial charge in [-0.05, 0) is 24.6 Å². The fraction of sp³-hybridized carbons (Fsp3) is 0.167. The summed E-state index contributed by atoms with van der Waals surface area (Å²) < 4.78 is 38.0. The van der Waals surface area contributed by atoms with Crippen molar-refractivity contribution < 1.29 is 13.2 Å². The first-order valence-electron chi connectivity index (χ1n) is 5.51. The molecule has 0 fully saturated rings. The molecule has 21 heavy (non-hydrogen) atoms. The minimum absolute atomic E-state index is 0.0180. The molecule has 0 unspecified atom stereocenters. The topological polar surface area (TPSA) is 54.9 Å². The van der Waals surface area contributed by atoms with Crippen LogP contribution < -0.4 is 11.2 Å². The molecular formula is C12H7Cl2F3N2O2. The summed E-state index contributed by atoms with van der Waals surface area (Å²) in [5, 5.41) is 0.368. The summed E-state index contributed by atoms with van der Waals surface area (Å²) in [6.45, 7) is 1.62. The SMILES string of the molecule is Cc1c(Cl)cc(-n2c(=O)cc(C(F)(F)F)[nH]c2=O)cc1Cl. The van der Waals surface area contributed by atoms with E-state index < -0.39 is 23.1 Å². The Hall–Kier alpha value is -1.73. The van der Waals surface area contributed by atoms with Gasteiger partial charge in [0, 0.05) is 16.1 Å². The maximum Gasteiger partial charge on any atom is 0.431 e. The van der Waals surface area contributed by atoms with Gasteiger partial charge in [-0.25, -0.2) is 9.36 Å². The average molecular weight is 339 g/mol. The number of benzene rings is 1. The molecule has 0 aliphatic carbocycles. The number of hydrogen-bond acceptors (Lipinski definition) is 2. The molecule has 0 radical (unpaired) electrons.